The van der Waals surface area contributed by atoms with Crippen LogP contribution in [0.15, 0.2) is 59.2 Å². The van der Waals surface area contributed by atoms with Crippen LogP contribution in [0.25, 0.3) is 12.2 Å². The van der Waals surface area contributed by atoms with Crippen LogP contribution in [0.1, 0.15) is 80.1 Å². The molecule has 0 saturated carbocycles. The third-order valence-corrected chi connectivity index (χ3v) is 5.74. The number of carbonyl (C=O) groups is 1. The Kier molecular flexibility index (Phi) is 10.6. The van der Waals surface area contributed by atoms with Gasteiger partial charge in [0.05, 0.1) is 7.11 Å². The van der Waals surface area contributed by atoms with Gasteiger partial charge in [-0.2, -0.15) is 0 Å². The van der Waals surface area contributed by atoms with E-state index in [2.05, 4.69) is 32.9 Å². The summed E-state index contributed by atoms with van der Waals surface area (Å²) in [5.74, 6) is 0.415. The van der Waals surface area contributed by atoms with Gasteiger partial charge in [0.2, 0.25) is 0 Å². The fourth-order valence-corrected chi connectivity index (χ4v) is 3.73. The van der Waals surface area contributed by atoms with E-state index in [0.29, 0.717) is 29.7 Å². The average molecular weight is 475 g/mol. The minimum atomic E-state index is -0.154. The van der Waals surface area contributed by atoms with Crippen LogP contribution in [0.5, 0.6) is 17.2 Å². The van der Waals surface area contributed by atoms with E-state index in [-0.39, 0.29) is 11.5 Å². The van der Waals surface area contributed by atoms with Crippen LogP contribution in [0.3, 0.4) is 0 Å². The largest absolute Gasteiger partial charge is 0.504 e. The van der Waals surface area contributed by atoms with Crippen molar-refractivity contribution in [2.24, 2.45) is 0 Å². The van der Waals surface area contributed by atoms with Gasteiger partial charge in [-0.3, -0.25) is 4.79 Å². The lowest BCUT2D eigenvalue weighted by molar-refractivity contribution is 0.112. The zero-order valence-corrected chi connectivity index (χ0v) is 21.8. The molecule has 0 aliphatic heterocycles. The standard InChI is InChI=1S/C31H38O4/c1-21(2)8-7-9-23(5)11-15-28-26(17-25(20-32)19-30(28)35-6)14-12-24-16-27(13-10-22(3)4)31(34)29(33)18-24/h8,10-12,14,16-20,33-34H,7,9,13,15H2,1-6H3/b14-12+,23-11+. The molecule has 0 heterocycles. The molecule has 0 saturated heterocycles. The topological polar surface area (TPSA) is 66.8 Å². The molecule has 0 fully saturated rings. The molecule has 0 amide bonds. The Bertz CT molecular complexity index is 1150. The summed E-state index contributed by atoms with van der Waals surface area (Å²) in [6.45, 7) is 10.3. The lowest BCUT2D eigenvalue weighted by atomic mass is 9.97. The van der Waals surface area contributed by atoms with Gasteiger partial charge in [-0.1, -0.05) is 47.1 Å². The molecule has 4 nitrogen and oxygen atoms in total. The maximum absolute atomic E-state index is 11.5. The van der Waals surface area contributed by atoms with Gasteiger partial charge in [-0.05, 0) is 95.7 Å². The van der Waals surface area contributed by atoms with Crippen LogP contribution >= 0.6 is 0 Å². The van der Waals surface area contributed by atoms with Crippen molar-refractivity contribution in [3.8, 4) is 17.2 Å². The Balaban J connectivity index is 2.43. The van der Waals surface area contributed by atoms with Gasteiger partial charge in [0.25, 0.3) is 0 Å². The number of methoxy groups -OCH3 is 1. The van der Waals surface area contributed by atoms with E-state index >= 15 is 0 Å². The zero-order valence-electron chi connectivity index (χ0n) is 21.8. The van der Waals surface area contributed by atoms with Gasteiger partial charge in [-0.15, -0.1) is 0 Å². The Morgan fingerprint density at radius 1 is 0.857 bits per heavy atom. The Morgan fingerprint density at radius 2 is 1.57 bits per heavy atom. The first-order valence-electron chi connectivity index (χ1n) is 12.0. The second-order valence-electron chi connectivity index (χ2n) is 9.35. The van der Waals surface area contributed by atoms with E-state index in [1.54, 1.807) is 13.2 Å². The Labute approximate surface area is 210 Å². The van der Waals surface area contributed by atoms with Crippen LogP contribution in [-0.2, 0) is 12.8 Å². The van der Waals surface area contributed by atoms with Gasteiger partial charge >= 0.3 is 0 Å². The maximum atomic E-state index is 11.5. The Morgan fingerprint density at radius 3 is 2.20 bits per heavy atom. The molecule has 2 N–H and O–H groups in total. The van der Waals surface area contributed by atoms with Gasteiger partial charge in [-0.25, -0.2) is 0 Å². The quantitative estimate of drug-likeness (QED) is 0.151. The van der Waals surface area contributed by atoms with Crippen molar-refractivity contribution in [1.82, 2.24) is 0 Å². The number of rotatable bonds is 11. The number of benzene rings is 2. The van der Waals surface area contributed by atoms with E-state index in [0.717, 1.165) is 41.4 Å². The van der Waals surface area contributed by atoms with Crippen LogP contribution in [-0.4, -0.2) is 23.6 Å². The lowest BCUT2D eigenvalue weighted by Gasteiger charge is -2.13. The summed E-state index contributed by atoms with van der Waals surface area (Å²) in [7, 11) is 1.61. The summed E-state index contributed by atoms with van der Waals surface area (Å²) < 4.78 is 5.62. The predicted octanol–water partition coefficient (Wildman–Crippen LogP) is 7.83. The van der Waals surface area contributed by atoms with E-state index < -0.39 is 0 Å². The number of phenolic OH excluding ortho intramolecular Hbond substituents is 2. The maximum Gasteiger partial charge on any atom is 0.161 e. The molecule has 0 atom stereocenters. The number of carbonyl (C=O) groups excluding carboxylic acids is 1. The predicted molar refractivity (Wildman–Crippen MR) is 146 cm³/mol. The smallest absolute Gasteiger partial charge is 0.161 e. The van der Waals surface area contributed by atoms with Gasteiger partial charge in [0.15, 0.2) is 11.5 Å². The third-order valence-electron chi connectivity index (χ3n) is 5.74. The molecule has 2 aromatic carbocycles. The highest BCUT2D eigenvalue weighted by Gasteiger charge is 2.11. The van der Waals surface area contributed by atoms with Crippen molar-refractivity contribution >= 4 is 18.4 Å². The van der Waals surface area contributed by atoms with E-state index in [1.165, 1.54) is 17.2 Å². The van der Waals surface area contributed by atoms with E-state index in [4.69, 9.17) is 4.74 Å². The first kappa shape index (κ1) is 27.7. The van der Waals surface area contributed by atoms with Crippen LogP contribution in [0.4, 0.5) is 0 Å². The third kappa shape index (κ3) is 8.64. The molecule has 35 heavy (non-hydrogen) atoms. The summed E-state index contributed by atoms with van der Waals surface area (Å²) in [6.07, 6.45) is 14.3. The molecule has 2 aromatic rings. The number of aromatic hydroxyl groups is 2. The number of phenols is 2. The molecule has 0 radical (unpaired) electrons. The van der Waals surface area contributed by atoms with Gasteiger partial charge in [0, 0.05) is 16.7 Å². The van der Waals surface area contributed by atoms with Crippen LogP contribution < -0.4 is 4.74 Å². The molecule has 186 valence electrons. The van der Waals surface area contributed by atoms with Crippen LogP contribution in [0.2, 0.25) is 0 Å². The summed E-state index contributed by atoms with van der Waals surface area (Å²) in [5, 5.41) is 20.5. The first-order chi connectivity index (χ1) is 16.6. The monoisotopic (exact) mass is 474 g/mol. The van der Waals surface area contributed by atoms with Crippen molar-refractivity contribution in [2.75, 3.05) is 7.11 Å². The van der Waals surface area contributed by atoms with Crippen molar-refractivity contribution in [3.05, 3.63) is 87.0 Å². The second-order valence-corrected chi connectivity index (χ2v) is 9.35. The molecule has 0 spiro atoms. The van der Waals surface area contributed by atoms with Crippen molar-refractivity contribution < 1.29 is 19.7 Å². The molecular formula is C31H38O4. The molecule has 0 unspecified atom stereocenters. The summed E-state index contributed by atoms with van der Waals surface area (Å²) in [5.41, 5.74) is 7.56. The lowest BCUT2D eigenvalue weighted by Crippen LogP contribution is -1.97. The SMILES string of the molecule is COc1cc(C=O)cc(/C=C/c2cc(O)c(O)c(CC=C(C)C)c2)c1C/C=C(\C)CCC=C(C)C. The molecule has 0 aliphatic rings. The highest BCUT2D eigenvalue weighted by atomic mass is 16.5. The number of aldehydes is 1. The van der Waals surface area contributed by atoms with Crippen molar-refractivity contribution in [1.29, 1.82) is 0 Å². The molecule has 0 aliphatic carbocycles. The highest BCUT2D eigenvalue weighted by Crippen LogP contribution is 2.33. The van der Waals surface area contributed by atoms with Gasteiger partial charge in [0.1, 0.15) is 12.0 Å². The minimum absolute atomic E-state index is 0.0984. The second kappa shape index (κ2) is 13.4. The summed E-state index contributed by atoms with van der Waals surface area (Å²) in [4.78, 5) is 11.5. The number of hydrogen-bond acceptors (Lipinski definition) is 4. The normalized spacial score (nSPS) is 11.4. The van der Waals surface area contributed by atoms with E-state index in [1.807, 2.05) is 44.2 Å². The number of hydrogen-bond donors (Lipinski definition) is 2. The molecule has 0 bridgehead atoms. The molecule has 4 heteroatoms. The molecule has 0 aromatic heterocycles. The molecule has 2 rings (SSSR count). The first-order valence-corrected chi connectivity index (χ1v) is 12.0. The van der Waals surface area contributed by atoms with Crippen LogP contribution in [0, 0.1) is 0 Å². The zero-order chi connectivity index (χ0) is 26.0. The molecular weight excluding hydrogens is 436 g/mol. The van der Waals surface area contributed by atoms with E-state index in [9.17, 15) is 15.0 Å². The summed E-state index contributed by atoms with van der Waals surface area (Å²) >= 11 is 0. The Hall–Kier alpha value is -3.53. The highest BCUT2D eigenvalue weighted by molar-refractivity contribution is 5.81. The minimum Gasteiger partial charge on any atom is -0.504 e. The fourth-order valence-electron chi connectivity index (χ4n) is 3.73. The summed E-state index contributed by atoms with van der Waals surface area (Å²) in [6, 6.07) is 7.00. The van der Waals surface area contributed by atoms with Gasteiger partial charge < -0.3 is 14.9 Å². The average Bonchev–Trinajstić information content (AvgIpc) is 2.81. The fraction of sp³-hybridized carbons (Fsp3) is 0.323. The van der Waals surface area contributed by atoms with Crippen molar-refractivity contribution in [3.63, 3.8) is 0 Å². The number of allylic oxidation sites excluding steroid dienone is 6. The number of ether oxygens (including phenoxy) is 1. The van der Waals surface area contributed by atoms with Crippen molar-refractivity contribution in [2.45, 2.75) is 60.3 Å².